The van der Waals surface area contributed by atoms with Crippen molar-refractivity contribution in [3.05, 3.63) is 54.1 Å². The fraction of sp³-hybridized carbons (Fsp3) is 0.263. The van der Waals surface area contributed by atoms with E-state index in [0.29, 0.717) is 5.96 Å². The van der Waals surface area contributed by atoms with Gasteiger partial charge in [0.1, 0.15) is 0 Å². The van der Waals surface area contributed by atoms with Gasteiger partial charge in [-0.3, -0.25) is 9.88 Å². The third-order valence-corrected chi connectivity index (χ3v) is 4.91. The van der Waals surface area contributed by atoms with Gasteiger partial charge in [0.05, 0.1) is 24.2 Å². The summed E-state index contributed by atoms with van der Waals surface area (Å²) in [4.78, 5) is 11.6. The van der Waals surface area contributed by atoms with Crippen LogP contribution in [0.25, 0.3) is 11.0 Å². The molecule has 0 bridgehead atoms. The molecule has 132 valence electrons. The van der Waals surface area contributed by atoms with Gasteiger partial charge in [-0.1, -0.05) is 24.3 Å². The van der Waals surface area contributed by atoms with Crippen molar-refractivity contribution < 1.29 is 4.74 Å². The third kappa shape index (κ3) is 2.48. The van der Waals surface area contributed by atoms with E-state index in [2.05, 4.69) is 55.1 Å². The van der Waals surface area contributed by atoms with Crippen molar-refractivity contribution in [3.8, 4) is 0 Å². The van der Waals surface area contributed by atoms with Crippen LogP contribution in [0.5, 0.6) is 0 Å². The Balaban J connectivity index is 1.54. The van der Waals surface area contributed by atoms with E-state index in [9.17, 15) is 0 Å². The molecule has 7 heteroatoms. The highest BCUT2D eigenvalue weighted by Gasteiger charge is 2.25. The maximum atomic E-state index is 6.01. The van der Waals surface area contributed by atoms with Gasteiger partial charge in [-0.2, -0.15) is 0 Å². The van der Waals surface area contributed by atoms with Gasteiger partial charge in [-0.25, -0.2) is 9.98 Å². The SMILES string of the molecule is NC1=NC(c2ccc(N3CCOCC3)cc2)n2c(nc3ccccc32)N1. The largest absolute Gasteiger partial charge is 0.378 e. The summed E-state index contributed by atoms with van der Waals surface area (Å²) in [7, 11) is 0. The molecule has 5 rings (SSSR count). The molecule has 1 fully saturated rings. The zero-order valence-corrected chi connectivity index (χ0v) is 14.3. The summed E-state index contributed by atoms with van der Waals surface area (Å²) in [6.07, 6.45) is -0.225. The number of rotatable bonds is 2. The van der Waals surface area contributed by atoms with E-state index in [-0.39, 0.29) is 6.17 Å². The average Bonchev–Trinajstić information content (AvgIpc) is 3.06. The number of guanidine groups is 1. The summed E-state index contributed by atoms with van der Waals surface area (Å²) in [6, 6.07) is 16.6. The van der Waals surface area contributed by atoms with Crippen molar-refractivity contribution in [1.29, 1.82) is 0 Å². The van der Waals surface area contributed by atoms with Crippen LogP contribution in [0, 0.1) is 0 Å². The van der Waals surface area contributed by atoms with E-state index in [4.69, 9.17) is 10.5 Å². The number of aromatic nitrogens is 2. The normalized spacial score (nSPS) is 19.8. The summed E-state index contributed by atoms with van der Waals surface area (Å²) in [6.45, 7) is 3.41. The molecule has 1 unspecified atom stereocenters. The first-order valence-corrected chi connectivity index (χ1v) is 8.79. The molecule has 26 heavy (non-hydrogen) atoms. The van der Waals surface area contributed by atoms with Crippen LogP contribution in [-0.2, 0) is 4.74 Å². The number of morpholine rings is 1. The Labute approximate surface area is 151 Å². The highest BCUT2D eigenvalue weighted by atomic mass is 16.5. The standard InChI is InChI=1S/C19H20N6O/c20-18-22-17(25-16-4-2-1-3-15(16)21-19(25)23-18)13-5-7-14(8-6-13)24-9-11-26-12-10-24/h1-8,17H,9-12H2,(H3,20,21,22,23). The lowest BCUT2D eigenvalue weighted by Crippen LogP contribution is -2.36. The molecule has 2 aliphatic heterocycles. The second-order valence-corrected chi connectivity index (χ2v) is 6.50. The summed E-state index contributed by atoms with van der Waals surface area (Å²) in [5.41, 5.74) is 10.3. The smallest absolute Gasteiger partial charge is 0.212 e. The molecule has 1 atom stereocenters. The van der Waals surface area contributed by atoms with Crippen molar-refractivity contribution in [2.75, 3.05) is 36.5 Å². The van der Waals surface area contributed by atoms with Crippen LogP contribution in [0.2, 0.25) is 0 Å². The Morgan fingerprint density at radius 3 is 2.62 bits per heavy atom. The van der Waals surface area contributed by atoms with Crippen molar-refractivity contribution in [2.45, 2.75) is 6.17 Å². The van der Waals surface area contributed by atoms with Crippen molar-refractivity contribution in [2.24, 2.45) is 10.7 Å². The van der Waals surface area contributed by atoms with Gasteiger partial charge in [0.2, 0.25) is 5.95 Å². The lowest BCUT2D eigenvalue weighted by atomic mass is 10.1. The Morgan fingerprint density at radius 1 is 1.04 bits per heavy atom. The van der Waals surface area contributed by atoms with Crippen LogP contribution < -0.4 is 16.0 Å². The number of para-hydroxylation sites is 2. The van der Waals surface area contributed by atoms with Gasteiger partial charge in [0.15, 0.2) is 12.1 Å². The number of imidazole rings is 1. The second kappa shape index (κ2) is 6.03. The minimum atomic E-state index is -0.225. The molecule has 3 N–H and O–H groups in total. The predicted molar refractivity (Wildman–Crippen MR) is 103 cm³/mol. The van der Waals surface area contributed by atoms with E-state index in [1.807, 2.05) is 18.2 Å². The molecule has 0 amide bonds. The van der Waals surface area contributed by atoms with Gasteiger partial charge >= 0.3 is 0 Å². The van der Waals surface area contributed by atoms with Crippen LogP contribution in [-0.4, -0.2) is 41.8 Å². The topological polar surface area (TPSA) is 80.7 Å². The number of benzene rings is 2. The van der Waals surface area contributed by atoms with Crippen molar-refractivity contribution in [1.82, 2.24) is 9.55 Å². The second-order valence-electron chi connectivity index (χ2n) is 6.50. The van der Waals surface area contributed by atoms with E-state index in [1.54, 1.807) is 0 Å². The van der Waals surface area contributed by atoms with Gasteiger partial charge in [0, 0.05) is 18.8 Å². The minimum absolute atomic E-state index is 0.225. The quantitative estimate of drug-likeness (QED) is 0.742. The van der Waals surface area contributed by atoms with Crippen LogP contribution in [0.15, 0.2) is 53.5 Å². The Kier molecular flexibility index (Phi) is 3.53. The van der Waals surface area contributed by atoms with Crippen molar-refractivity contribution >= 4 is 28.6 Å². The number of nitrogens with one attached hydrogen (secondary N) is 1. The monoisotopic (exact) mass is 348 g/mol. The number of ether oxygens (including phenoxy) is 1. The molecule has 2 aliphatic rings. The van der Waals surface area contributed by atoms with E-state index in [1.165, 1.54) is 5.69 Å². The lowest BCUT2D eigenvalue weighted by molar-refractivity contribution is 0.122. The third-order valence-electron chi connectivity index (χ3n) is 4.91. The molecule has 3 aromatic rings. The highest BCUT2D eigenvalue weighted by molar-refractivity contribution is 5.94. The molecule has 0 aliphatic carbocycles. The number of nitrogens with two attached hydrogens (primary N) is 1. The molecule has 0 radical (unpaired) electrons. The number of aliphatic imine (C=N–C) groups is 1. The first-order valence-electron chi connectivity index (χ1n) is 8.79. The highest BCUT2D eigenvalue weighted by Crippen LogP contribution is 2.33. The van der Waals surface area contributed by atoms with Crippen LogP contribution in [0.3, 0.4) is 0 Å². The Bertz CT molecular complexity index is 971. The van der Waals surface area contributed by atoms with Gasteiger partial charge < -0.3 is 15.4 Å². The number of anilines is 2. The predicted octanol–water partition coefficient (Wildman–Crippen LogP) is 2.16. The average molecular weight is 348 g/mol. The zero-order valence-electron chi connectivity index (χ0n) is 14.3. The number of hydrogen-bond donors (Lipinski definition) is 2. The van der Waals surface area contributed by atoms with Gasteiger partial charge in [0.25, 0.3) is 0 Å². The maximum absolute atomic E-state index is 6.01. The maximum Gasteiger partial charge on any atom is 0.212 e. The first-order chi connectivity index (χ1) is 12.8. The molecule has 0 saturated carbocycles. The Hall–Kier alpha value is -3.06. The van der Waals surface area contributed by atoms with E-state index < -0.39 is 0 Å². The Morgan fingerprint density at radius 2 is 1.81 bits per heavy atom. The fourth-order valence-corrected chi connectivity index (χ4v) is 3.62. The fourth-order valence-electron chi connectivity index (χ4n) is 3.62. The van der Waals surface area contributed by atoms with Crippen LogP contribution in [0.1, 0.15) is 11.7 Å². The zero-order chi connectivity index (χ0) is 17.5. The molecule has 1 saturated heterocycles. The summed E-state index contributed by atoms with van der Waals surface area (Å²) in [5.74, 6) is 1.11. The summed E-state index contributed by atoms with van der Waals surface area (Å²) >= 11 is 0. The first kappa shape index (κ1) is 15.2. The number of fused-ring (bicyclic) bond motifs is 3. The summed E-state index contributed by atoms with van der Waals surface area (Å²) in [5, 5.41) is 3.07. The molecule has 0 spiro atoms. The van der Waals surface area contributed by atoms with Crippen LogP contribution in [0.4, 0.5) is 11.6 Å². The van der Waals surface area contributed by atoms with E-state index >= 15 is 0 Å². The van der Waals surface area contributed by atoms with Crippen molar-refractivity contribution in [3.63, 3.8) is 0 Å². The minimum Gasteiger partial charge on any atom is -0.378 e. The molecular weight excluding hydrogens is 328 g/mol. The van der Waals surface area contributed by atoms with E-state index in [0.717, 1.165) is 48.8 Å². The number of nitrogens with zero attached hydrogens (tertiary/aromatic N) is 4. The van der Waals surface area contributed by atoms with Crippen LogP contribution >= 0.6 is 0 Å². The molecule has 2 aromatic carbocycles. The molecule has 7 nitrogen and oxygen atoms in total. The lowest BCUT2D eigenvalue weighted by Gasteiger charge is -2.29. The van der Waals surface area contributed by atoms with Gasteiger partial charge in [-0.15, -0.1) is 0 Å². The molecule has 1 aromatic heterocycles. The molecule has 3 heterocycles. The van der Waals surface area contributed by atoms with Gasteiger partial charge in [-0.05, 0) is 29.8 Å². The number of hydrogen-bond acceptors (Lipinski definition) is 6. The summed E-state index contributed by atoms with van der Waals surface area (Å²) < 4.78 is 7.53. The molecular formula is C19H20N6O.